The molecule has 186 valence electrons. The summed E-state index contributed by atoms with van der Waals surface area (Å²) in [4.78, 5) is 48.8. The number of nitrogens with zero attached hydrogens (tertiary/aromatic N) is 4. The van der Waals surface area contributed by atoms with Crippen LogP contribution in [0.15, 0.2) is 76.7 Å². The van der Waals surface area contributed by atoms with Gasteiger partial charge in [0.2, 0.25) is 6.17 Å². The molecule has 0 saturated carbocycles. The number of amides is 2. The minimum atomic E-state index is -1.25. The molecule has 1 atom stereocenters. The van der Waals surface area contributed by atoms with Crippen LogP contribution in [0, 0.1) is 10.1 Å². The minimum Gasteiger partial charge on any atom is -0.484 e. The molecule has 0 fully saturated rings. The number of para-hydroxylation sites is 1. The van der Waals surface area contributed by atoms with Gasteiger partial charge < -0.3 is 15.0 Å². The van der Waals surface area contributed by atoms with E-state index in [9.17, 15) is 19.7 Å². The summed E-state index contributed by atoms with van der Waals surface area (Å²) in [5.74, 6) is -0.576. The van der Waals surface area contributed by atoms with E-state index in [1.807, 2.05) is 30.3 Å². The topological polar surface area (TPSA) is 126 Å². The van der Waals surface area contributed by atoms with Gasteiger partial charge in [-0.05, 0) is 24.1 Å². The summed E-state index contributed by atoms with van der Waals surface area (Å²) in [7, 11) is 1.48. The molecule has 0 aromatic heterocycles. The van der Waals surface area contributed by atoms with Crippen LogP contribution in [0.3, 0.4) is 0 Å². The molecule has 5 rings (SSSR count). The zero-order valence-corrected chi connectivity index (χ0v) is 20.2. The van der Waals surface area contributed by atoms with E-state index in [1.165, 1.54) is 19.2 Å². The Morgan fingerprint density at radius 1 is 1.16 bits per heavy atom. The fourth-order valence-corrected chi connectivity index (χ4v) is 4.54. The van der Waals surface area contributed by atoms with E-state index in [-0.39, 0.29) is 11.3 Å². The van der Waals surface area contributed by atoms with Gasteiger partial charge in [-0.15, -0.1) is 0 Å². The summed E-state index contributed by atoms with van der Waals surface area (Å²) < 4.78 is 5.12. The first kappa shape index (κ1) is 23.9. The zero-order chi connectivity index (χ0) is 26.1. The molecule has 0 aliphatic carbocycles. The number of carbonyl (C=O) groups excluding carboxylic acids is 2. The molecule has 10 heteroatoms. The highest BCUT2D eigenvalue weighted by Gasteiger charge is 2.38. The molecular formula is C27H23N5O5. The number of nitrogens with one attached hydrogen (secondary N) is 1. The molecule has 0 spiro atoms. The Balaban J connectivity index is 1.62. The van der Waals surface area contributed by atoms with E-state index in [0.29, 0.717) is 52.6 Å². The number of hydrogen-bond acceptors (Lipinski definition) is 7. The number of methoxy groups -OCH3 is 1. The highest BCUT2D eigenvalue weighted by Crippen LogP contribution is 2.39. The standard InChI is InChI=1S/C27H23N5O5/c1-16(37-2)28-22-11-7-6-10-20(22)26(33)30-25-27(34)31-13-12-18-14-19(32(35)36)15-21(24(18)31)23(29-25)17-8-4-3-5-9-17/h3-11,14-15,25H,12-13H2,1-2H3,(H,30,33)/t25-/m0/s1. The number of aliphatic imine (C=N–C) groups is 2. The van der Waals surface area contributed by atoms with Crippen LogP contribution in [0.25, 0.3) is 0 Å². The summed E-state index contributed by atoms with van der Waals surface area (Å²) in [6, 6.07) is 18.8. The number of nitro groups is 1. The van der Waals surface area contributed by atoms with Gasteiger partial charge in [0, 0.05) is 36.7 Å². The molecule has 37 heavy (non-hydrogen) atoms. The molecular weight excluding hydrogens is 474 g/mol. The maximum atomic E-state index is 13.7. The molecule has 0 unspecified atom stereocenters. The van der Waals surface area contributed by atoms with E-state index < -0.39 is 22.9 Å². The predicted molar refractivity (Wildman–Crippen MR) is 139 cm³/mol. The summed E-state index contributed by atoms with van der Waals surface area (Å²) in [5, 5.41) is 14.4. The predicted octanol–water partition coefficient (Wildman–Crippen LogP) is 3.79. The van der Waals surface area contributed by atoms with Gasteiger partial charge >= 0.3 is 0 Å². The Hall–Kier alpha value is -4.86. The zero-order valence-electron chi connectivity index (χ0n) is 20.2. The Bertz CT molecular complexity index is 1480. The van der Waals surface area contributed by atoms with Gasteiger partial charge in [0.15, 0.2) is 5.90 Å². The average molecular weight is 498 g/mol. The molecule has 3 aromatic carbocycles. The third-order valence-electron chi connectivity index (χ3n) is 6.31. The van der Waals surface area contributed by atoms with Gasteiger partial charge in [0.1, 0.15) is 0 Å². The van der Waals surface area contributed by atoms with E-state index in [2.05, 4.69) is 15.3 Å². The normalized spacial score (nSPS) is 16.5. The Labute approximate surface area is 212 Å². The number of carbonyl (C=O) groups is 2. The second-order valence-electron chi connectivity index (χ2n) is 8.57. The monoisotopic (exact) mass is 497 g/mol. The second-order valence-corrected chi connectivity index (χ2v) is 8.57. The Morgan fingerprint density at radius 3 is 2.62 bits per heavy atom. The Kier molecular flexibility index (Phi) is 6.22. The van der Waals surface area contributed by atoms with Gasteiger partial charge in [-0.25, -0.2) is 9.98 Å². The van der Waals surface area contributed by atoms with Crippen LogP contribution in [0.5, 0.6) is 0 Å². The van der Waals surface area contributed by atoms with Crippen molar-refractivity contribution in [2.45, 2.75) is 19.5 Å². The number of hydrogen-bond donors (Lipinski definition) is 1. The first-order chi connectivity index (χ1) is 17.9. The third kappa shape index (κ3) is 4.44. The van der Waals surface area contributed by atoms with Crippen molar-refractivity contribution in [1.29, 1.82) is 0 Å². The van der Waals surface area contributed by atoms with Crippen LogP contribution >= 0.6 is 0 Å². The van der Waals surface area contributed by atoms with Crippen molar-refractivity contribution < 1.29 is 19.2 Å². The van der Waals surface area contributed by atoms with Crippen LogP contribution in [0.1, 0.15) is 34.0 Å². The molecule has 1 N–H and O–H groups in total. The smallest absolute Gasteiger partial charge is 0.272 e. The van der Waals surface area contributed by atoms with E-state index in [1.54, 1.807) is 36.1 Å². The van der Waals surface area contributed by atoms with E-state index >= 15 is 0 Å². The first-order valence-electron chi connectivity index (χ1n) is 11.6. The van der Waals surface area contributed by atoms with Gasteiger partial charge in [-0.2, -0.15) is 0 Å². The Morgan fingerprint density at radius 2 is 1.89 bits per heavy atom. The average Bonchev–Trinajstić information content (AvgIpc) is 3.30. The lowest BCUT2D eigenvalue weighted by molar-refractivity contribution is -0.384. The lowest BCUT2D eigenvalue weighted by Crippen LogP contribution is -2.47. The number of anilines is 1. The highest BCUT2D eigenvalue weighted by atomic mass is 16.6. The quantitative estimate of drug-likeness (QED) is 0.248. The molecule has 2 amide bonds. The van der Waals surface area contributed by atoms with Crippen LogP contribution < -0.4 is 10.2 Å². The maximum absolute atomic E-state index is 13.7. The lowest BCUT2D eigenvalue weighted by Gasteiger charge is -2.21. The van der Waals surface area contributed by atoms with E-state index in [0.717, 1.165) is 0 Å². The minimum absolute atomic E-state index is 0.0746. The largest absolute Gasteiger partial charge is 0.484 e. The van der Waals surface area contributed by atoms with Gasteiger partial charge in [0.05, 0.1) is 34.7 Å². The molecule has 2 aliphatic heterocycles. The van der Waals surface area contributed by atoms with Crippen molar-refractivity contribution in [3.05, 3.63) is 99.1 Å². The summed E-state index contributed by atoms with van der Waals surface area (Å²) in [6.45, 7) is 2.00. The van der Waals surface area contributed by atoms with Crippen LogP contribution in [0.2, 0.25) is 0 Å². The maximum Gasteiger partial charge on any atom is 0.272 e. The third-order valence-corrected chi connectivity index (χ3v) is 6.31. The number of non-ortho nitro benzene ring substituents is 1. The number of ether oxygens (including phenoxy) is 1. The van der Waals surface area contributed by atoms with Crippen LogP contribution in [-0.4, -0.2) is 48.2 Å². The molecule has 2 heterocycles. The first-order valence-corrected chi connectivity index (χ1v) is 11.6. The molecule has 2 aliphatic rings. The highest BCUT2D eigenvalue weighted by molar-refractivity contribution is 6.21. The van der Waals surface area contributed by atoms with Crippen LogP contribution in [0.4, 0.5) is 17.1 Å². The van der Waals surface area contributed by atoms with E-state index in [4.69, 9.17) is 4.74 Å². The molecule has 0 radical (unpaired) electrons. The number of rotatable bonds is 5. The van der Waals surface area contributed by atoms with Gasteiger partial charge in [0.25, 0.3) is 17.5 Å². The molecule has 0 bridgehead atoms. The van der Waals surface area contributed by atoms with Gasteiger partial charge in [-0.1, -0.05) is 42.5 Å². The van der Waals surface area contributed by atoms with Crippen LogP contribution in [-0.2, 0) is 16.0 Å². The summed E-state index contributed by atoms with van der Waals surface area (Å²) >= 11 is 0. The SMILES string of the molecule is COC(C)=Nc1ccccc1C(=O)N[C@@H]1N=C(c2ccccc2)c2cc([N+](=O)[O-])cc3c2N(CC3)C1=O. The molecule has 10 nitrogen and oxygen atoms in total. The second kappa shape index (κ2) is 9.65. The molecule has 0 saturated heterocycles. The van der Waals surface area contributed by atoms with Crippen molar-refractivity contribution in [2.75, 3.05) is 18.6 Å². The lowest BCUT2D eigenvalue weighted by atomic mass is 9.97. The van der Waals surface area contributed by atoms with Crippen molar-refractivity contribution in [3.63, 3.8) is 0 Å². The van der Waals surface area contributed by atoms with Crippen molar-refractivity contribution in [1.82, 2.24) is 5.32 Å². The summed E-state index contributed by atoms with van der Waals surface area (Å²) in [5.41, 5.74) is 3.40. The fourth-order valence-electron chi connectivity index (χ4n) is 4.54. The number of nitro benzene ring substituents is 1. The summed E-state index contributed by atoms with van der Waals surface area (Å²) in [6.07, 6.45) is -0.785. The van der Waals surface area contributed by atoms with Gasteiger partial charge in [-0.3, -0.25) is 19.7 Å². The van der Waals surface area contributed by atoms with Crippen molar-refractivity contribution in [3.8, 4) is 0 Å². The molecule has 3 aromatic rings. The van der Waals surface area contributed by atoms with Crippen molar-refractivity contribution >= 4 is 40.5 Å². The van der Waals surface area contributed by atoms with Crippen molar-refractivity contribution in [2.24, 2.45) is 9.98 Å². The fraction of sp³-hybridized carbons (Fsp3) is 0.185. The number of benzene rings is 3.